The fourth-order valence-corrected chi connectivity index (χ4v) is 3.15. The van der Waals surface area contributed by atoms with Gasteiger partial charge in [0, 0.05) is 29.6 Å². The molecule has 0 unspecified atom stereocenters. The molecule has 1 N–H and O–H groups in total. The van der Waals surface area contributed by atoms with Gasteiger partial charge in [-0.15, -0.1) is 11.8 Å². The molecule has 1 aromatic heterocycles. The van der Waals surface area contributed by atoms with Crippen molar-refractivity contribution in [2.24, 2.45) is 0 Å². The molecule has 0 atom stereocenters. The van der Waals surface area contributed by atoms with E-state index < -0.39 is 5.97 Å². The van der Waals surface area contributed by atoms with Crippen molar-refractivity contribution < 1.29 is 14.6 Å². The molecule has 1 aliphatic rings. The van der Waals surface area contributed by atoms with Crippen molar-refractivity contribution in [1.82, 2.24) is 4.98 Å². The lowest BCUT2D eigenvalue weighted by Gasteiger charge is -2.23. The molecule has 0 spiro atoms. The van der Waals surface area contributed by atoms with Gasteiger partial charge in [0.1, 0.15) is 0 Å². The highest BCUT2D eigenvalue weighted by Gasteiger charge is 2.21. The number of carboxylic acid groups (broad SMARTS) is 1. The van der Waals surface area contributed by atoms with Crippen molar-refractivity contribution in [3.8, 4) is 0 Å². The zero-order chi connectivity index (χ0) is 14.8. The Labute approximate surface area is 123 Å². The summed E-state index contributed by atoms with van der Waals surface area (Å²) in [6, 6.07) is 3.36. The Balaban J connectivity index is 2.26. The van der Waals surface area contributed by atoms with Gasteiger partial charge < -0.3 is 9.84 Å². The highest BCUT2D eigenvalue weighted by Crippen LogP contribution is 2.31. The fourth-order valence-electron chi connectivity index (χ4n) is 2.04. The molecule has 5 heteroatoms. The number of pyridine rings is 1. The van der Waals surface area contributed by atoms with Crippen LogP contribution in [-0.4, -0.2) is 34.5 Å². The predicted octanol–water partition coefficient (Wildman–Crippen LogP) is 3.35. The van der Waals surface area contributed by atoms with Crippen LogP contribution < -0.4 is 0 Å². The average Bonchev–Trinajstić information content (AvgIpc) is 2.38. The summed E-state index contributed by atoms with van der Waals surface area (Å²) < 4.78 is 5.35. The molecule has 110 valence electrons. The van der Waals surface area contributed by atoms with E-state index in [1.165, 1.54) is 0 Å². The number of carbonyl (C=O) groups is 1. The summed E-state index contributed by atoms with van der Waals surface area (Å²) in [4.78, 5) is 15.9. The number of hydrogen-bond donors (Lipinski definition) is 1. The molecule has 1 aromatic rings. The summed E-state index contributed by atoms with van der Waals surface area (Å²) in [7, 11) is 0. The standard InChI is InChI=1S/C15H21NO3S/c1-15(2,3)12-8-10(14(17)18)9-13(16-12)20-11-4-6-19-7-5-11/h8-9,11H,4-7H2,1-3H3,(H,17,18). The monoisotopic (exact) mass is 295 g/mol. The van der Waals surface area contributed by atoms with Crippen LogP contribution in [0, 0.1) is 0 Å². The Hall–Kier alpha value is -1.07. The normalized spacial score (nSPS) is 17.1. The Morgan fingerprint density at radius 2 is 2.00 bits per heavy atom. The lowest BCUT2D eigenvalue weighted by atomic mass is 9.91. The number of aromatic carboxylic acids is 1. The van der Waals surface area contributed by atoms with Gasteiger partial charge in [-0.2, -0.15) is 0 Å². The van der Waals surface area contributed by atoms with Crippen molar-refractivity contribution in [2.45, 2.75) is 49.3 Å². The smallest absolute Gasteiger partial charge is 0.335 e. The first-order chi connectivity index (χ1) is 9.36. The Morgan fingerprint density at radius 1 is 1.35 bits per heavy atom. The van der Waals surface area contributed by atoms with Crippen LogP contribution in [0.2, 0.25) is 0 Å². The summed E-state index contributed by atoms with van der Waals surface area (Å²) >= 11 is 1.67. The lowest BCUT2D eigenvalue weighted by Crippen LogP contribution is -2.19. The Kier molecular flexibility index (Phi) is 4.70. The van der Waals surface area contributed by atoms with Crippen LogP contribution in [-0.2, 0) is 10.2 Å². The van der Waals surface area contributed by atoms with Crippen LogP contribution in [0.25, 0.3) is 0 Å². The van der Waals surface area contributed by atoms with Gasteiger partial charge in [0.15, 0.2) is 0 Å². The number of rotatable bonds is 3. The number of carboxylic acids is 1. The highest BCUT2D eigenvalue weighted by atomic mass is 32.2. The average molecular weight is 295 g/mol. The molecule has 1 aliphatic heterocycles. The second-order valence-electron chi connectivity index (χ2n) is 6.06. The Morgan fingerprint density at radius 3 is 2.55 bits per heavy atom. The predicted molar refractivity (Wildman–Crippen MR) is 79.6 cm³/mol. The first kappa shape index (κ1) is 15.3. The van der Waals surface area contributed by atoms with E-state index in [1.54, 1.807) is 23.9 Å². The third kappa shape index (κ3) is 3.96. The molecule has 20 heavy (non-hydrogen) atoms. The van der Waals surface area contributed by atoms with Crippen LogP contribution >= 0.6 is 11.8 Å². The minimum absolute atomic E-state index is 0.156. The highest BCUT2D eigenvalue weighted by molar-refractivity contribution is 7.99. The van der Waals surface area contributed by atoms with Gasteiger partial charge in [0.25, 0.3) is 0 Å². The van der Waals surface area contributed by atoms with Crippen molar-refractivity contribution >= 4 is 17.7 Å². The molecule has 0 bridgehead atoms. The van der Waals surface area contributed by atoms with E-state index in [0.717, 1.165) is 36.8 Å². The third-order valence-corrected chi connectivity index (χ3v) is 4.53. The van der Waals surface area contributed by atoms with Crippen molar-refractivity contribution in [1.29, 1.82) is 0 Å². The molecule has 0 radical (unpaired) electrons. The molecule has 2 rings (SSSR count). The quantitative estimate of drug-likeness (QED) is 0.926. The maximum Gasteiger partial charge on any atom is 0.335 e. The Bertz CT molecular complexity index is 490. The third-order valence-electron chi connectivity index (χ3n) is 3.27. The van der Waals surface area contributed by atoms with Gasteiger partial charge in [0.2, 0.25) is 0 Å². The van der Waals surface area contributed by atoms with E-state index in [0.29, 0.717) is 10.8 Å². The summed E-state index contributed by atoms with van der Waals surface area (Å²) in [5, 5.41) is 10.5. The van der Waals surface area contributed by atoms with Gasteiger partial charge in [-0.05, 0) is 25.0 Å². The van der Waals surface area contributed by atoms with Crippen LogP contribution in [0.3, 0.4) is 0 Å². The SMILES string of the molecule is CC(C)(C)c1cc(C(=O)O)cc(SC2CCOCC2)n1. The minimum atomic E-state index is -0.897. The summed E-state index contributed by atoms with van der Waals surface area (Å²) in [6.07, 6.45) is 1.99. The van der Waals surface area contributed by atoms with Gasteiger partial charge >= 0.3 is 5.97 Å². The first-order valence-corrected chi connectivity index (χ1v) is 7.74. The van der Waals surface area contributed by atoms with Crippen LogP contribution in [0.5, 0.6) is 0 Å². The number of thioether (sulfide) groups is 1. The van der Waals surface area contributed by atoms with Crippen molar-refractivity contribution in [2.75, 3.05) is 13.2 Å². The minimum Gasteiger partial charge on any atom is -0.478 e. The maximum atomic E-state index is 11.3. The molecule has 4 nitrogen and oxygen atoms in total. The van der Waals surface area contributed by atoms with Gasteiger partial charge in [-0.1, -0.05) is 20.8 Å². The molecule has 0 aromatic carbocycles. The van der Waals surface area contributed by atoms with E-state index in [4.69, 9.17) is 4.74 Å². The summed E-state index contributed by atoms with van der Waals surface area (Å²) in [5.41, 5.74) is 0.989. The number of hydrogen-bond acceptors (Lipinski definition) is 4. The fraction of sp³-hybridized carbons (Fsp3) is 0.600. The van der Waals surface area contributed by atoms with Crippen molar-refractivity contribution in [3.05, 3.63) is 23.4 Å². The van der Waals surface area contributed by atoms with Gasteiger partial charge in [-0.25, -0.2) is 9.78 Å². The number of nitrogens with zero attached hydrogens (tertiary/aromatic N) is 1. The zero-order valence-electron chi connectivity index (χ0n) is 12.2. The zero-order valence-corrected chi connectivity index (χ0v) is 13.0. The van der Waals surface area contributed by atoms with E-state index in [-0.39, 0.29) is 5.41 Å². The topological polar surface area (TPSA) is 59.4 Å². The van der Waals surface area contributed by atoms with Crippen LogP contribution in [0.1, 0.15) is 49.7 Å². The number of aromatic nitrogens is 1. The molecule has 1 fully saturated rings. The molecule has 0 amide bonds. The van der Waals surface area contributed by atoms with E-state index in [2.05, 4.69) is 4.98 Å². The van der Waals surface area contributed by atoms with Crippen LogP contribution in [0.4, 0.5) is 0 Å². The van der Waals surface area contributed by atoms with Crippen molar-refractivity contribution in [3.63, 3.8) is 0 Å². The summed E-state index contributed by atoms with van der Waals surface area (Å²) in [5.74, 6) is -0.897. The summed E-state index contributed by atoms with van der Waals surface area (Å²) in [6.45, 7) is 7.70. The lowest BCUT2D eigenvalue weighted by molar-refractivity contribution is 0.0696. The molecule has 2 heterocycles. The molecular formula is C15H21NO3S. The first-order valence-electron chi connectivity index (χ1n) is 6.86. The molecular weight excluding hydrogens is 274 g/mol. The second-order valence-corrected chi connectivity index (χ2v) is 7.38. The van der Waals surface area contributed by atoms with E-state index in [1.807, 2.05) is 20.8 Å². The molecule has 0 saturated carbocycles. The number of ether oxygens (including phenoxy) is 1. The van der Waals surface area contributed by atoms with Crippen LogP contribution in [0.15, 0.2) is 17.2 Å². The van der Waals surface area contributed by atoms with E-state index in [9.17, 15) is 9.90 Å². The van der Waals surface area contributed by atoms with Gasteiger partial charge in [0.05, 0.1) is 10.6 Å². The van der Waals surface area contributed by atoms with E-state index >= 15 is 0 Å². The molecule has 1 saturated heterocycles. The maximum absolute atomic E-state index is 11.3. The molecule has 0 aliphatic carbocycles. The largest absolute Gasteiger partial charge is 0.478 e. The van der Waals surface area contributed by atoms with Gasteiger partial charge in [-0.3, -0.25) is 0 Å². The second kappa shape index (κ2) is 6.14.